The Morgan fingerprint density at radius 2 is 1.00 bits per heavy atom. The molecule has 0 amide bonds. The first-order chi connectivity index (χ1) is 21.3. The number of aromatic nitrogens is 4. The monoisotopic (exact) mass is 640 g/mol. The molecule has 0 aliphatic carbocycles. The number of methoxy groups -OCH3 is 4. The summed E-state index contributed by atoms with van der Waals surface area (Å²) in [6.45, 7) is 0. The van der Waals surface area contributed by atoms with Crippen LogP contribution >= 0.6 is 23.2 Å². The fraction of sp³-hybridized carbons (Fsp3) is 0.133. The maximum Gasteiger partial charge on any atom is 0.341 e. The minimum atomic E-state index is -0.543. The van der Waals surface area contributed by atoms with E-state index in [9.17, 15) is 9.59 Å². The van der Waals surface area contributed by atoms with E-state index in [0.717, 1.165) is 0 Å². The molecule has 0 radical (unpaired) electrons. The van der Waals surface area contributed by atoms with Gasteiger partial charge < -0.3 is 28.4 Å². The lowest BCUT2D eigenvalue weighted by atomic mass is 10.1. The number of esters is 2. The smallest absolute Gasteiger partial charge is 0.341 e. The second kappa shape index (κ2) is 17.0. The van der Waals surface area contributed by atoms with Crippen LogP contribution in [0.5, 0.6) is 23.3 Å². The van der Waals surface area contributed by atoms with Gasteiger partial charge >= 0.3 is 11.9 Å². The average molecular weight is 641 g/mol. The van der Waals surface area contributed by atoms with Gasteiger partial charge in [-0.3, -0.25) is 0 Å². The highest BCUT2D eigenvalue weighted by Gasteiger charge is 2.19. The summed E-state index contributed by atoms with van der Waals surface area (Å²) in [5, 5.41) is 0.506. The van der Waals surface area contributed by atoms with Crippen molar-refractivity contribution in [2.75, 3.05) is 28.4 Å². The minimum Gasteiger partial charge on any atom is -0.503 e. The van der Waals surface area contributed by atoms with Crippen molar-refractivity contribution in [2.24, 2.45) is 0 Å². The topological polar surface area (TPSA) is 141 Å². The molecule has 0 aliphatic heterocycles. The Morgan fingerprint density at radius 3 is 1.34 bits per heavy atom. The maximum atomic E-state index is 11.9. The predicted molar refractivity (Wildman–Crippen MR) is 161 cm³/mol. The molecular weight excluding hydrogens is 615 g/mol. The Morgan fingerprint density at radius 1 is 0.614 bits per heavy atom. The lowest BCUT2D eigenvalue weighted by Crippen LogP contribution is -2.06. The molecule has 2 heterocycles. The minimum absolute atomic E-state index is 0.223. The molecule has 44 heavy (non-hydrogen) atoms. The molecule has 14 heteroatoms. The van der Waals surface area contributed by atoms with Gasteiger partial charge in [0.25, 0.3) is 0 Å². The van der Waals surface area contributed by atoms with Crippen LogP contribution in [0.2, 0.25) is 10.3 Å². The van der Waals surface area contributed by atoms with E-state index in [2.05, 4.69) is 19.9 Å². The second-order valence-electron chi connectivity index (χ2n) is 8.07. The zero-order valence-electron chi connectivity index (χ0n) is 23.9. The van der Waals surface area contributed by atoms with Gasteiger partial charge in [0.05, 0.1) is 41.0 Å². The average Bonchev–Trinajstić information content (AvgIpc) is 3.03. The van der Waals surface area contributed by atoms with Gasteiger partial charge in [0.1, 0.15) is 45.6 Å². The van der Waals surface area contributed by atoms with E-state index >= 15 is 0 Å². The van der Waals surface area contributed by atoms with E-state index < -0.39 is 11.9 Å². The van der Waals surface area contributed by atoms with Crippen molar-refractivity contribution in [3.05, 3.63) is 107 Å². The van der Waals surface area contributed by atoms with E-state index in [1.807, 2.05) is 0 Å². The van der Waals surface area contributed by atoms with Crippen LogP contribution in [-0.2, 0) is 28.5 Å². The number of ether oxygens (including phenoxy) is 6. The normalized spacial score (nSPS) is 11.0. The second-order valence-corrected chi connectivity index (χ2v) is 8.85. The number of hydrogen-bond acceptors (Lipinski definition) is 12. The van der Waals surface area contributed by atoms with Gasteiger partial charge in [-0.15, -0.1) is 0 Å². The molecule has 0 N–H and O–H groups in total. The van der Waals surface area contributed by atoms with Crippen LogP contribution in [0.4, 0.5) is 0 Å². The van der Waals surface area contributed by atoms with Gasteiger partial charge in [0.15, 0.2) is 0 Å². The lowest BCUT2D eigenvalue weighted by molar-refractivity contribution is -0.134. The summed E-state index contributed by atoms with van der Waals surface area (Å²) in [6.07, 6.45) is 5.15. The molecule has 12 nitrogen and oxygen atoms in total. The zero-order chi connectivity index (χ0) is 31.9. The molecule has 4 rings (SSSR count). The van der Waals surface area contributed by atoms with Gasteiger partial charge in [-0.1, -0.05) is 59.6 Å². The molecular formula is C30H26Cl2N4O8. The Bertz CT molecular complexity index is 1530. The van der Waals surface area contributed by atoms with Crippen LogP contribution in [0.15, 0.2) is 85.8 Å². The number of rotatable bonds is 10. The molecule has 0 bridgehead atoms. The van der Waals surface area contributed by atoms with Crippen LogP contribution in [-0.4, -0.2) is 60.3 Å². The molecule has 0 saturated heterocycles. The fourth-order valence-corrected chi connectivity index (χ4v) is 3.70. The predicted octanol–water partition coefficient (Wildman–Crippen LogP) is 6.17. The van der Waals surface area contributed by atoms with Crippen LogP contribution in [0.25, 0.3) is 11.1 Å². The van der Waals surface area contributed by atoms with Gasteiger partial charge in [0, 0.05) is 23.3 Å². The summed E-state index contributed by atoms with van der Waals surface area (Å²) in [7, 11) is 5.46. The van der Waals surface area contributed by atoms with E-state index in [-0.39, 0.29) is 33.2 Å². The number of para-hydroxylation sites is 2. The van der Waals surface area contributed by atoms with Crippen molar-refractivity contribution in [3.8, 4) is 23.3 Å². The van der Waals surface area contributed by atoms with Crippen molar-refractivity contribution in [2.45, 2.75) is 0 Å². The number of carbonyl (C=O) groups excluding carboxylic acids is 2. The first-order valence-corrected chi connectivity index (χ1v) is 13.2. The van der Waals surface area contributed by atoms with Crippen molar-refractivity contribution < 1.29 is 38.0 Å². The lowest BCUT2D eigenvalue weighted by Gasteiger charge is -2.12. The molecule has 0 aliphatic rings. The van der Waals surface area contributed by atoms with E-state index in [4.69, 9.17) is 51.6 Å². The number of carbonyl (C=O) groups is 2. The van der Waals surface area contributed by atoms with Gasteiger partial charge in [0.2, 0.25) is 11.8 Å². The van der Waals surface area contributed by atoms with E-state index in [1.165, 1.54) is 65.8 Å². The molecule has 0 saturated carbocycles. The third-order valence-corrected chi connectivity index (χ3v) is 5.70. The molecule has 2 aromatic heterocycles. The first-order valence-electron chi connectivity index (χ1n) is 12.4. The van der Waals surface area contributed by atoms with E-state index in [1.54, 1.807) is 48.5 Å². The zero-order valence-corrected chi connectivity index (χ0v) is 25.4. The summed E-state index contributed by atoms with van der Waals surface area (Å²) < 4.78 is 30.7. The summed E-state index contributed by atoms with van der Waals surface area (Å²) in [4.78, 5) is 39.3. The quantitative estimate of drug-likeness (QED) is 0.0847. The Labute approximate surface area is 262 Å². The number of hydrogen-bond donors (Lipinski definition) is 0. The summed E-state index contributed by atoms with van der Waals surface area (Å²) in [5.41, 5.74) is 1.46. The van der Waals surface area contributed by atoms with Crippen molar-refractivity contribution in [1.82, 2.24) is 19.9 Å². The molecule has 4 aromatic rings. The SMILES string of the molecule is CO/C=C(/C(=O)OC)c1ccccc1Oc1cc(Cl)ncn1.CO/C=C(/C(=O)OC)c1ccccc1Oc1cc(Cl)ncn1. The largest absolute Gasteiger partial charge is 0.503 e. The number of halogens is 2. The molecule has 0 unspecified atom stereocenters. The number of nitrogens with zero attached hydrogens (tertiary/aromatic N) is 4. The fourth-order valence-electron chi connectivity index (χ4n) is 3.43. The van der Waals surface area contributed by atoms with Crippen molar-refractivity contribution >= 4 is 46.3 Å². The van der Waals surface area contributed by atoms with Crippen molar-refractivity contribution in [1.29, 1.82) is 0 Å². The third-order valence-electron chi connectivity index (χ3n) is 5.28. The Hall–Kier alpha value is -5.20. The maximum absolute atomic E-state index is 11.9. The number of benzene rings is 2. The standard InChI is InChI=1S/2C15H13ClN2O4/c2*1-20-8-11(15(19)21-2)10-5-3-4-6-12(10)22-14-7-13(16)17-9-18-14/h2*3-9H,1-2H3/b2*11-8+. The van der Waals surface area contributed by atoms with Gasteiger partial charge in [-0.25, -0.2) is 29.5 Å². The highest BCUT2D eigenvalue weighted by atomic mass is 35.5. The van der Waals surface area contributed by atoms with Crippen molar-refractivity contribution in [3.63, 3.8) is 0 Å². The third kappa shape index (κ3) is 9.41. The summed E-state index contributed by atoms with van der Waals surface area (Å²) in [5.74, 6) is 0.248. The van der Waals surface area contributed by atoms with E-state index in [0.29, 0.717) is 22.6 Å². The van der Waals surface area contributed by atoms with Crippen LogP contribution in [0, 0.1) is 0 Å². The Kier molecular flexibility index (Phi) is 12.9. The summed E-state index contributed by atoms with van der Waals surface area (Å²) in [6, 6.07) is 16.8. The van der Waals surface area contributed by atoms with Crippen LogP contribution in [0.3, 0.4) is 0 Å². The summed E-state index contributed by atoms with van der Waals surface area (Å²) >= 11 is 11.6. The molecule has 0 atom stereocenters. The molecule has 0 spiro atoms. The molecule has 228 valence electrons. The highest BCUT2D eigenvalue weighted by Crippen LogP contribution is 2.32. The van der Waals surface area contributed by atoms with Gasteiger partial charge in [-0.2, -0.15) is 0 Å². The molecule has 0 fully saturated rings. The Balaban J connectivity index is 0.000000240. The van der Waals surface area contributed by atoms with Gasteiger partial charge in [-0.05, 0) is 12.1 Å². The molecule has 2 aromatic carbocycles. The van der Waals surface area contributed by atoms with Crippen LogP contribution < -0.4 is 9.47 Å². The van der Waals surface area contributed by atoms with Crippen LogP contribution in [0.1, 0.15) is 11.1 Å². The first kappa shape index (κ1) is 33.3. The highest BCUT2D eigenvalue weighted by molar-refractivity contribution is 6.29.